The average molecular weight is 450 g/mol. The summed E-state index contributed by atoms with van der Waals surface area (Å²) < 4.78 is 11.9. The van der Waals surface area contributed by atoms with Gasteiger partial charge in [0.25, 0.3) is 0 Å². The Hall–Kier alpha value is -2.24. The highest BCUT2D eigenvalue weighted by Crippen LogP contribution is 2.65. The number of rotatable bonds is 5. The molecule has 5 heteroatoms. The number of ketones is 1. The first-order valence-corrected chi connectivity index (χ1v) is 12.2. The molecule has 1 N–H and O–H groups in total. The molecule has 0 radical (unpaired) electrons. The third kappa shape index (κ3) is 3.43. The van der Waals surface area contributed by atoms with Crippen molar-refractivity contribution in [2.24, 2.45) is 22.4 Å². The molecule has 33 heavy (non-hydrogen) atoms. The number of carbonyl (C=O) groups is 1. The van der Waals surface area contributed by atoms with E-state index >= 15 is 0 Å². The molecule has 2 saturated carbocycles. The minimum atomic E-state index is -0.204. The minimum absolute atomic E-state index is 0.110. The number of hydrogen-bond donors (Lipinski definition) is 1. The summed E-state index contributed by atoms with van der Waals surface area (Å²) in [5, 5.41) is 12.0. The number of carbonyl (C=O) groups excluding carboxylic acids is 1. The van der Waals surface area contributed by atoms with Crippen molar-refractivity contribution >= 4 is 12.0 Å². The van der Waals surface area contributed by atoms with E-state index in [0.29, 0.717) is 24.9 Å². The van der Waals surface area contributed by atoms with Crippen molar-refractivity contribution in [3.8, 4) is 0 Å². The van der Waals surface area contributed by atoms with Gasteiger partial charge in [0.2, 0.25) is 0 Å². The van der Waals surface area contributed by atoms with Gasteiger partial charge in [-0.05, 0) is 78.7 Å². The topological polar surface area (TPSA) is 68.1 Å². The van der Waals surface area contributed by atoms with E-state index in [1.54, 1.807) is 12.7 Å². The second-order valence-corrected chi connectivity index (χ2v) is 10.6. The van der Waals surface area contributed by atoms with E-state index in [4.69, 9.17) is 14.7 Å². The van der Waals surface area contributed by atoms with E-state index in [1.165, 1.54) is 29.3 Å². The van der Waals surface area contributed by atoms with Crippen molar-refractivity contribution in [1.29, 1.82) is 0 Å². The normalized spacial score (nSPS) is 35.9. The van der Waals surface area contributed by atoms with Crippen LogP contribution in [0.1, 0.15) is 68.9 Å². The van der Waals surface area contributed by atoms with Gasteiger partial charge in [-0.3, -0.25) is 4.79 Å². The number of hydrogen-bond acceptors (Lipinski definition) is 5. The largest absolute Gasteiger partial charge is 0.411 e. The van der Waals surface area contributed by atoms with E-state index < -0.39 is 0 Å². The second-order valence-electron chi connectivity index (χ2n) is 10.6. The van der Waals surface area contributed by atoms with Crippen LogP contribution in [-0.4, -0.2) is 43.6 Å². The Morgan fingerprint density at radius 3 is 2.64 bits per heavy atom. The molecule has 0 bridgehead atoms. The molecule has 4 aliphatic rings. The van der Waals surface area contributed by atoms with Gasteiger partial charge in [0, 0.05) is 32.0 Å². The molecule has 5 atom stereocenters. The third-order valence-corrected chi connectivity index (χ3v) is 9.38. The number of fused-ring (bicyclic) bond motifs is 4. The lowest BCUT2D eigenvalue weighted by molar-refractivity contribution is -0.147. The van der Waals surface area contributed by atoms with Gasteiger partial charge in [-0.2, -0.15) is 0 Å². The van der Waals surface area contributed by atoms with E-state index in [1.807, 2.05) is 25.3 Å². The number of allylic oxidation sites excluding steroid dienone is 4. The van der Waals surface area contributed by atoms with Crippen LogP contribution < -0.4 is 0 Å². The van der Waals surface area contributed by atoms with E-state index in [2.05, 4.69) is 24.2 Å². The first-order valence-electron chi connectivity index (χ1n) is 12.2. The predicted molar refractivity (Wildman–Crippen MR) is 128 cm³/mol. The van der Waals surface area contributed by atoms with Crippen molar-refractivity contribution in [3.63, 3.8) is 0 Å². The fraction of sp³-hybridized carbons (Fsp3) is 0.571. The zero-order valence-corrected chi connectivity index (χ0v) is 20.0. The zero-order valence-electron chi connectivity index (χ0n) is 20.0. The molecule has 1 aromatic carbocycles. The summed E-state index contributed by atoms with van der Waals surface area (Å²) in [6.45, 7) is 3.09. The molecule has 0 amide bonds. The summed E-state index contributed by atoms with van der Waals surface area (Å²) in [5.74, 6) is 1.50. The fourth-order valence-electron chi connectivity index (χ4n) is 7.76. The molecule has 0 aliphatic heterocycles. The van der Waals surface area contributed by atoms with Gasteiger partial charge in [-0.1, -0.05) is 41.9 Å². The van der Waals surface area contributed by atoms with Crippen LogP contribution in [0.2, 0.25) is 0 Å². The molecule has 0 aromatic heterocycles. The molecule has 5 nitrogen and oxygen atoms in total. The SMILES string of the molecule is COCC1(OC)CCC2C3CCC4=CC(=O)CC(c5ccc(C=NO)cc5)C4=C3CCC21C. The minimum Gasteiger partial charge on any atom is -0.411 e. The molecule has 0 spiro atoms. The van der Waals surface area contributed by atoms with E-state index in [0.717, 1.165) is 37.7 Å². The Morgan fingerprint density at radius 2 is 1.94 bits per heavy atom. The van der Waals surface area contributed by atoms with Gasteiger partial charge in [-0.25, -0.2) is 0 Å². The Kier molecular flexibility index (Phi) is 5.82. The van der Waals surface area contributed by atoms with Crippen LogP contribution in [0.3, 0.4) is 0 Å². The maximum absolute atomic E-state index is 12.7. The molecular weight excluding hydrogens is 414 g/mol. The number of oxime groups is 1. The molecule has 176 valence electrons. The monoisotopic (exact) mass is 449 g/mol. The molecule has 0 heterocycles. The van der Waals surface area contributed by atoms with Gasteiger partial charge in [0.15, 0.2) is 5.78 Å². The van der Waals surface area contributed by atoms with Crippen LogP contribution >= 0.6 is 0 Å². The lowest BCUT2D eigenvalue weighted by Crippen LogP contribution is -2.53. The number of ether oxygens (including phenoxy) is 2. The van der Waals surface area contributed by atoms with Gasteiger partial charge in [0.1, 0.15) is 0 Å². The Morgan fingerprint density at radius 1 is 1.15 bits per heavy atom. The lowest BCUT2D eigenvalue weighted by Gasteiger charge is -2.53. The van der Waals surface area contributed by atoms with Crippen LogP contribution in [0.4, 0.5) is 0 Å². The molecule has 4 aliphatic carbocycles. The third-order valence-electron chi connectivity index (χ3n) is 9.38. The summed E-state index contributed by atoms with van der Waals surface area (Å²) in [4.78, 5) is 12.7. The first kappa shape index (κ1) is 22.5. The summed E-state index contributed by atoms with van der Waals surface area (Å²) >= 11 is 0. The van der Waals surface area contributed by atoms with E-state index in [9.17, 15) is 4.79 Å². The van der Waals surface area contributed by atoms with Crippen molar-refractivity contribution < 1.29 is 19.5 Å². The van der Waals surface area contributed by atoms with Crippen molar-refractivity contribution in [3.05, 3.63) is 58.2 Å². The zero-order chi connectivity index (χ0) is 23.2. The molecule has 0 saturated heterocycles. The van der Waals surface area contributed by atoms with Crippen molar-refractivity contribution in [2.45, 2.75) is 63.4 Å². The molecular formula is C28H35NO4. The second kappa shape index (κ2) is 8.52. The maximum atomic E-state index is 12.7. The van der Waals surface area contributed by atoms with Gasteiger partial charge in [-0.15, -0.1) is 0 Å². The quantitative estimate of drug-likeness (QED) is 0.370. The van der Waals surface area contributed by atoms with Crippen molar-refractivity contribution in [2.75, 3.05) is 20.8 Å². The predicted octanol–water partition coefficient (Wildman–Crippen LogP) is 5.43. The van der Waals surface area contributed by atoms with E-state index in [-0.39, 0.29) is 22.7 Å². The first-order chi connectivity index (χ1) is 16.0. The summed E-state index contributed by atoms with van der Waals surface area (Å²) in [5.41, 5.74) is 6.24. The Labute approximate surface area is 196 Å². The van der Waals surface area contributed by atoms with Gasteiger partial charge >= 0.3 is 0 Å². The highest BCUT2D eigenvalue weighted by atomic mass is 16.5. The smallest absolute Gasteiger partial charge is 0.156 e. The molecule has 2 fully saturated rings. The molecule has 5 rings (SSSR count). The Bertz CT molecular complexity index is 1020. The standard InChI is InChI=1S/C28H35NO4/c1-27-12-10-23-22(25(27)11-13-28(27,33-3)17-32-2)9-8-20-14-21(30)15-24(26(20)23)19-6-4-18(5-7-19)16-29-31/h4-7,14,16,22,24-25,31H,8-13,15,17H2,1-3H3. The maximum Gasteiger partial charge on any atom is 0.156 e. The van der Waals surface area contributed by atoms with Crippen LogP contribution in [-0.2, 0) is 14.3 Å². The average Bonchev–Trinajstić information content (AvgIpc) is 3.12. The summed E-state index contributed by atoms with van der Waals surface area (Å²) in [6, 6.07) is 8.11. The highest BCUT2D eigenvalue weighted by Gasteiger charge is 2.62. The lowest BCUT2D eigenvalue weighted by atomic mass is 9.54. The molecule has 5 unspecified atom stereocenters. The van der Waals surface area contributed by atoms with Crippen LogP contribution in [0.25, 0.3) is 0 Å². The summed E-state index contributed by atoms with van der Waals surface area (Å²) in [6.07, 6.45) is 10.4. The van der Waals surface area contributed by atoms with Crippen LogP contribution in [0.15, 0.2) is 52.2 Å². The van der Waals surface area contributed by atoms with Gasteiger partial charge < -0.3 is 14.7 Å². The van der Waals surface area contributed by atoms with Crippen LogP contribution in [0.5, 0.6) is 0 Å². The number of benzene rings is 1. The fourth-order valence-corrected chi connectivity index (χ4v) is 7.76. The highest BCUT2D eigenvalue weighted by molar-refractivity contribution is 5.94. The number of methoxy groups -OCH3 is 2. The number of nitrogens with zero attached hydrogens (tertiary/aromatic N) is 1. The van der Waals surface area contributed by atoms with Crippen LogP contribution in [0, 0.1) is 17.3 Å². The van der Waals surface area contributed by atoms with Crippen molar-refractivity contribution in [1.82, 2.24) is 0 Å². The molecule has 1 aromatic rings. The summed E-state index contributed by atoms with van der Waals surface area (Å²) in [7, 11) is 3.64. The van der Waals surface area contributed by atoms with Gasteiger partial charge in [0.05, 0.1) is 18.4 Å². The Balaban J connectivity index is 1.55.